The number of nitrogens with one attached hydrogen (secondary N) is 1. The van der Waals surface area contributed by atoms with E-state index in [1.165, 1.54) is 0 Å². The second-order valence-corrected chi connectivity index (χ2v) is 5.16. The van der Waals surface area contributed by atoms with Gasteiger partial charge < -0.3 is 10.1 Å². The molecular weight excluding hydrogens is 268 g/mol. The standard InChI is InChI=1S/C16H24N2O3/c1-5-21-16(20)8-9-18(4)11-15(19)17-14-7-6-12(2)10-13(14)3/h6-7,10H,5,8-9,11H2,1-4H3,(H,17,19). The Morgan fingerprint density at radius 2 is 2.00 bits per heavy atom. The summed E-state index contributed by atoms with van der Waals surface area (Å²) in [6.45, 7) is 6.88. The van der Waals surface area contributed by atoms with Crippen LogP contribution in [-0.2, 0) is 14.3 Å². The van der Waals surface area contributed by atoms with Crippen LogP contribution in [0.5, 0.6) is 0 Å². The van der Waals surface area contributed by atoms with E-state index >= 15 is 0 Å². The summed E-state index contributed by atoms with van der Waals surface area (Å²) in [6.07, 6.45) is 0.293. The number of anilines is 1. The third kappa shape index (κ3) is 6.40. The molecule has 5 nitrogen and oxygen atoms in total. The van der Waals surface area contributed by atoms with E-state index in [0.29, 0.717) is 19.6 Å². The molecule has 0 atom stereocenters. The Bertz CT molecular complexity index is 500. The van der Waals surface area contributed by atoms with E-state index in [-0.39, 0.29) is 18.4 Å². The van der Waals surface area contributed by atoms with Gasteiger partial charge in [-0.1, -0.05) is 17.7 Å². The van der Waals surface area contributed by atoms with Crippen molar-refractivity contribution in [2.45, 2.75) is 27.2 Å². The molecule has 0 saturated carbocycles. The van der Waals surface area contributed by atoms with Crippen LogP contribution < -0.4 is 5.32 Å². The monoisotopic (exact) mass is 292 g/mol. The van der Waals surface area contributed by atoms with Gasteiger partial charge in [0.2, 0.25) is 5.91 Å². The minimum absolute atomic E-state index is 0.0895. The van der Waals surface area contributed by atoms with E-state index in [0.717, 1.165) is 16.8 Å². The number of carbonyl (C=O) groups is 2. The fraction of sp³-hybridized carbons (Fsp3) is 0.500. The Morgan fingerprint density at radius 1 is 1.29 bits per heavy atom. The molecule has 0 aliphatic heterocycles. The van der Waals surface area contributed by atoms with Crippen LogP contribution in [0.4, 0.5) is 5.69 Å². The molecule has 1 rings (SSSR count). The third-order valence-corrected chi connectivity index (χ3v) is 3.07. The highest BCUT2D eigenvalue weighted by atomic mass is 16.5. The summed E-state index contributed by atoms with van der Waals surface area (Å²) in [7, 11) is 1.81. The van der Waals surface area contributed by atoms with E-state index in [2.05, 4.69) is 5.32 Å². The molecule has 21 heavy (non-hydrogen) atoms. The molecule has 116 valence electrons. The van der Waals surface area contributed by atoms with Gasteiger partial charge in [-0.15, -0.1) is 0 Å². The van der Waals surface area contributed by atoms with E-state index < -0.39 is 0 Å². The average Bonchev–Trinajstić information content (AvgIpc) is 2.40. The van der Waals surface area contributed by atoms with E-state index in [1.807, 2.05) is 32.0 Å². The molecule has 0 unspecified atom stereocenters. The van der Waals surface area contributed by atoms with Gasteiger partial charge in [0, 0.05) is 12.2 Å². The highest BCUT2D eigenvalue weighted by molar-refractivity contribution is 5.93. The summed E-state index contributed by atoms with van der Waals surface area (Å²) in [5.41, 5.74) is 3.03. The molecule has 1 aromatic carbocycles. The first kappa shape index (κ1) is 17.2. The first-order chi connectivity index (χ1) is 9.92. The minimum Gasteiger partial charge on any atom is -0.466 e. The normalized spacial score (nSPS) is 10.5. The zero-order valence-corrected chi connectivity index (χ0v) is 13.2. The lowest BCUT2D eigenvalue weighted by Crippen LogP contribution is -2.32. The SMILES string of the molecule is CCOC(=O)CCN(C)CC(=O)Nc1ccc(C)cc1C. The molecule has 0 heterocycles. The predicted octanol–water partition coefficient (Wildman–Crippen LogP) is 2.13. The molecule has 5 heteroatoms. The summed E-state index contributed by atoms with van der Waals surface area (Å²) >= 11 is 0. The highest BCUT2D eigenvalue weighted by Gasteiger charge is 2.10. The maximum atomic E-state index is 12.0. The van der Waals surface area contributed by atoms with Gasteiger partial charge >= 0.3 is 5.97 Å². The van der Waals surface area contributed by atoms with Gasteiger partial charge in [0.1, 0.15) is 0 Å². The maximum Gasteiger partial charge on any atom is 0.307 e. The van der Waals surface area contributed by atoms with Crippen LogP contribution in [-0.4, -0.2) is 43.5 Å². The topological polar surface area (TPSA) is 58.6 Å². The lowest BCUT2D eigenvalue weighted by atomic mass is 10.1. The molecule has 0 aliphatic rings. The summed E-state index contributed by atoms with van der Waals surface area (Å²) in [5.74, 6) is -0.326. The van der Waals surface area contributed by atoms with Crippen molar-refractivity contribution in [1.82, 2.24) is 4.90 Å². The number of nitrogens with zero attached hydrogens (tertiary/aromatic N) is 1. The van der Waals surface area contributed by atoms with Crippen molar-refractivity contribution >= 4 is 17.6 Å². The van der Waals surface area contributed by atoms with Crippen LogP contribution in [0.2, 0.25) is 0 Å². The molecule has 0 spiro atoms. The lowest BCUT2D eigenvalue weighted by Gasteiger charge is -2.16. The molecule has 0 aliphatic carbocycles. The zero-order chi connectivity index (χ0) is 15.8. The van der Waals surface area contributed by atoms with Crippen LogP contribution in [0.15, 0.2) is 18.2 Å². The molecule has 0 fully saturated rings. The number of carbonyl (C=O) groups excluding carboxylic acids is 2. The Hall–Kier alpha value is -1.88. The minimum atomic E-state index is -0.237. The van der Waals surface area contributed by atoms with Crippen molar-refractivity contribution in [3.8, 4) is 0 Å². The summed E-state index contributed by atoms with van der Waals surface area (Å²) < 4.78 is 4.85. The molecule has 1 N–H and O–H groups in total. The van der Waals surface area contributed by atoms with Crippen molar-refractivity contribution in [2.75, 3.05) is 32.1 Å². The number of ether oxygens (including phenoxy) is 1. The van der Waals surface area contributed by atoms with Crippen LogP contribution >= 0.6 is 0 Å². The van der Waals surface area contributed by atoms with Crippen molar-refractivity contribution in [3.63, 3.8) is 0 Å². The third-order valence-electron chi connectivity index (χ3n) is 3.07. The van der Waals surface area contributed by atoms with Gasteiger partial charge in [0.25, 0.3) is 0 Å². The molecular formula is C16H24N2O3. The van der Waals surface area contributed by atoms with Gasteiger partial charge in [-0.3, -0.25) is 14.5 Å². The van der Waals surface area contributed by atoms with Gasteiger partial charge in [0.15, 0.2) is 0 Å². The molecule has 1 aromatic rings. The second-order valence-electron chi connectivity index (χ2n) is 5.16. The first-order valence-electron chi connectivity index (χ1n) is 7.13. The van der Waals surface area contributed by atoms with Gasteiger partial charge in [-0.05, 0) is 39.4 Å². The van der Waals surface area contributed by atoms with E-state index in [1.54, 1.807) is 18.9 Å². The number of amides is 1. The number of hydrogen-bond donors (Lipinski definition) is 1. The van der Waals surface area contributed by atoms with Crippen LogP contribution in [0.25, 0.3) is 0 Å². The zero-order valence-electron chi connectivity index (χ0n) is 13.2. The Labute approximate surface area is 126 Å². The van der Waals surface area contributed by atoms with Gasteiger partial charge in [0.05, 0.1) is 19.6 Å². The van der Waals surface area contributed by atoms with Crippen LogP contribution in [0.1, 0.15) is 24.5 Å². The number of rotatable bonds is 7. The summed E-state index contributed by atoms with van der Waals surface area (Å²) in [5, 5.41) is 2.88. The number of likely N-dealkylation sites (N-methyl/N-ethyl adjacent to an activating group) is 1. The number of esters is 1. The molecule has 0 saturated heterocycles. The quantitative estimate of drug-likeness (QED) is 0.782. The second kappa shape index (κ2) is 8.42. The van der Waals surface area contributed by atoms with Gasteiger partial charge in [-0.2, -0.15) is 0 Å². The average molecular weight is 292 g/mol. The fourth-order valence-corrected chi connectivity index (χ4v) is 1.98. The Morgan fingerprint density at radius 3 is 2.62 bits per heavy atom. The highest BCUT2D eigenvalue weighted by Crippen LogP contribution is 2.15. The van der Waals surface area contributed by atoms with Crippen LogP contribution in [0, 0.1) is 13.8 Å². The van der Waals surface area contributed by atoms with E-state index in [9.17, 15) is 9.59 Å². The van der Waals surface area contributed by atoms with Crippen molar-refractivity contribution in [2.24, 2.45) is 0 Å². The Kier molecular flexibility index (Phi) is 6.88. The van der Waals surface area contributed by atoms with Gasteiger partial charge in [-0.25, -0.2) is 0 Å². The van der Waals surface area contributed by atoms with Crippen molar-refractivity contribution < 1.29 is 14.3 Å². The number of benzene rings is 1. The molecule has 0 aromatic heterocycles. The predicted molar refractivity (Wildman–Crippen MR) is 83.3 cm³/mol. The molecule has 1 amide bonds. The van der Waals surface area contributed by atoms with E-state index in [4.69, 9.17) is 4.74 Å². The number of aryl methyl sites for hydroxylation is 2. The molecule has 0 radical (unpaired) electrons. The first-order valence-corrected chi connectivity index (χ1v) is 7.13. The fourth-order valence-electron chi connectivity index (χ4n) is 1.98. The van der Waals surface area contributed by atoms with Crippen molar-refractivity contribution in [3.05, 3.63) is 29.3 Å². The molecule has 0 bridgehead atoms. The summed E-state index contributed by atoms with van der Waals surface area (Å²) in [6, 6.07) is 5.90. The summed E-state index contributed by atoms with van der Waals surface area (Å²) in [4.78, 5) is 25.0. The smallest absolute Gasteiger partial charge is 0.307 e. The van der Waals surface area contributed by atoms with Crippen molar-refractivity contribution in [1.29, 1.82) is 0 Å². The van der Waals surface area contributed by atoms with Crippen LogP contribution in [0.3, 0.4) is 0 Å². The number of hydrogen-bond acceptors (Lipinski definition) is 4. The Balaban J connectivity index is 2.40. The maximum absolute atomic E-state index is 12.0. The lowest BCUT2D eigenvalue weighted by molar-refractivity contribution is -0.143. The largest absolute Gasteiger partial charge is 0.466 e.